The largest absolute Gasteiger partial charge is 0.390 e. The molecule has 7 heteroatoms. The van der Waals surface area contributed by atoms with Crippen molar-refractivity contribution in [2.45, 2.75) is 45.8 Å². The van der Waals surface area contributed by atoms with Crippen molar-refractivity contribution in [1.82, 2.24) is 19.8 Å². The van der Waals surface area contributed by atoms with Gasteiger partial charge in [0.1, 0.15) is 12.1 Å². The van der Waals surface area contributed by atoms with Crippen molar-refractivity contribution in [3.8, 4) is 0 Å². The number of aryl methyl sites for hydroxylation is 1. The standard InChI is InChI=1S/C18H29N5O2/c1-13-14(2)19-12-20-18(13)23-9-8-22(10-17(25)11-23)16-4-6-21(7-5-16)15(3)24/h12,16-17,25H,4-11H2,1-3H3. The number of hydrogen-bond donors (Lipinski definition) is 1. The molecule has 0 aliphatic carbocycles. The minimum absolute atomic E-state index is 0.162. The summed E-state index contributed by atoms with van der Waals surface area (Å²) >= 11 is 0. The van der Waals surface area contributed by atoms with E-state index in [4.69, 9.17) is 0 Å². The SMILES string of the molecule is CC(=O)N1CCC(N2CCN(c3ncnc(C)c3C)CC(O)C2)CC1. The van der Waals surface area contributed by atoms with Gasteiger partial charge in [0.15, 0.2) is 0 Å². The molecular weight excluding hydrogens is 318 g/mol. The lowest BCUT2D eigenvalue weighted by Gasteiger charge is -2.38. The van der Waals surface area contributed by atoms with Crippen LogP contribution in [-0.4, -0.2) is 82.2 Å². The molecule has 0 saturated carbocycles. The molecule has 1 atom stereocenters. The van der Waals surface area contributed by atoms with Crippen LogP contribution in [0.15, 0.2) is 6.33 Å². The summed E-state index contributed by atoms with van der Waals surface area (Å²) in [7, 11) is 0. The second-order valence-corrected chi connectivity index (χ2v) is 7.24. The molecule has 25 heavy (non-hydrogen) atoms. The summed E-state index contributed by atoms with van der Waals surface area (Å²) < 4.78 is 0. The highest BCUT2D eigenvalue weighted by molar-refractivity contribution is 5.73. The van der Waals surface area contributed by atoms with Crippen molar-refractivity contribution in [2.24, 2.45) is 0 Å². The Labute approximate surface area is 149 Å². The van der Waals surface area contributed by atoms with E-state index in [0.717, 1.165) is 56.1 Å². The van der Waals surface area contributed by atoms with Crippen molar-refractivity contribution in [1.29, 1.82) is 0 Å². The third-order valence-electron chi connectivity index (χ3n) is 5.57. The van der Waals surface area contributed by atoms with Crippen LogP contribution in [0.3, 0.4) is 0 Å². The minimum atomic E-state index is -0.400. The van der Waals surface area contributed by atoms with E-state index in [1.807, 2.05) is 18.7 Å². The number of aliphatic hydroxyl groups is 1. The first-order chi connectivity index (χ1) is 12.0. The maximum atomic E-state index is 11.5. The molecule has 3 rings (SSSR count). The van der Waals surface area contributed by atoms with Gasteiger partial charge >= 0.3 is 0 Å². The van der Waals surface area contributed by atoms with Gasteiger partial charge in [-0.3, -0.25) is 9.69 Å². The number of anilines is 1. The number of amides is 1. The van der Waals surface area contributed by atoms with Gasteiger partial charge in [0.05, 0.1) is 6.10 Å². The Bertz CT molecular complexity index is 615. The third kappa shape index (κ3) is 4.10. The zero-order valence-electron chi connectivity index (χ0n) is 15.5. The smallest absolute Gasteiger partial charge is 0.219 e. The fourth-order valence-electron chi connectivity index (χ4n) is 3.93. The molecule has 2 aliphatic heterocycles. The normalized spacial score (nSPS) is 23.6. The zero-order chi connectivity index (χ0) is 18.0. The molecule has 2 saturated heterocycles. The number of piperidine rings is 1. The van der Waals surface area contributed by atoms with Gasteiger partial charge in [-0.15, -0.1) is 0 Å². The maximum Gasteiger partial charge on any atom is 0.219 e. The lowest BCUT2D eigenvalue weighted by Crippen LogP contribution is -2.48. The molecule has 138 valence electrons. The molecular formula is C18H29N5O2. The predicted octanol–water partition coefficient (Wildman–Crippen LogP) is 0.587. The molecule has 1 amide bonds. The van der Waals surface area contributed by atoms with Gasteiger partial charge in [0.25, 0.3) is 0 Å². The quantitative estimate of drug-likeness (QED) is 0.844. The average Bonchev–Trinajstić information content (AvgIpc) is 2.79. The van der Waals surface area contributed by atoms with Crippen LogP contribution in [0, 0.1) is 13.8 Å². The molecule has 0 radical (unpaired) electrons. The van der Waals surface area contributed by atoms with Crippen LogP contribution in [0.1, 0.15) is 31.0 Å². The second kappa shape index (κ2) is 7.66. The van der Waals surface area contributed by atoms with E-state index in [2.05, 4.69) is 19.8 Å². The molecule has 0 aromatic carbocycles. The van der Waals surface area contributed by atoms with Crippen molar-refractivity contribution < 1.29 is 9.90 Å². The zero-order valence-corrected chi connectivity index (χ0v) is 15.5. The average molecular weight is 347 g/mol. The highest BCUT2D eigenvalue weighted by atomic mass is 16.3. The molecule has 1 aromatic rings. The summed E-state index contributed by atoms with van der Waals surface area (Å²) in [4.78, 5) is 26.7. The van der Waals surface area contributed by atoms with Crippen molar-refractivity contribution in [3.05, 3.63) is 17.6 Å². The van der Waals surface area contributed by atoms with Crippen LogP contribution in [-0.2, 0) is 4.79 Å². The Hall–Kier alpha value is -1.73. The van der Waals surface area contributed by atoms with E-state index in [1.54, 1.807) is 13.3 Å². The van der Waals surface area contributed by atoms with Crippen molar-refractivity contribution in [2.75, 3.05) is 44.2 Å². The van der Waals surface area contributed by atoms with Gasteiger partial charge in [-0.25, -0.2) is 9.97 Å². The second-order valence-electron chi connectivity index (χ2n) is 7.24. The Kier molecular flexibility index (Phi) is 5.54. The van der Waals surface area contributed by atoms with E-state index in [-0.39, 0.29) is 5.91 Å². The Morgan fingerprint density at radius 3 is 2.52 bits per heavy atom. The van der Waals surface area contributed by atoms with Crippen LogP contribution in [0.4, 0.5) is 5.82 Å². The summed E-state index contributed by atoms with van der Waals surface area (Å²) in [6, 6.07) is 0.443. The fraction of sp³-hybridized carbons (Fsp3) is 0.722. The van der Waals surface area contributed by atoms with E-state index in [9.17, 15) is 9.90 Å². The summed E-state index contributed by atoms with van der Waals surface area (Å²) in [6.07, 6.45) is 3.17. The molecule has 2 fully saturated rings. The van der Waals surface area contributed by atoms with Gasteiger partial charge in [0, 0.05) is 63.5 Å². The van der Waals surface area contributed by atoms with E-state index in [1.165, 1.54) is 0 Å². The van der Waals surface area contributed by atoms with Crippen LogP contribution in [0.2, 0.25) is 0 Å². The van der Waals surface area contributed by atoms with Gasteiger partial charge < -0.3 is 14.9 Å². The predicted molar refractivity (Wildman–Crippen MR) is 96.6 cm³/mol. The number of carbonyl (C=O) groups is 1. The van der Waals surface area contributed by atoms with E-state index < -0.39 is 6.10 Å². The number of aromatic nitrogens is 2. The highest BCUT2D eigenvalue weighted by Gasteiger charge is 2.30. The number of β-amino-alcohol motifs (C(OH)–C–C–N with tert-alkyl or cyclic N) is 1. The molecule has 1 aromatic heterocycles. The number of hydrogen-bond acceptors (Lipinski definition) is 6. The number of nitrogens with zero attached hydrogens (tertiary/aromatic N) is 5. The van der Waals surface area contributed by atoms with Gasteiger partial charge in [-0.1, -0.05) is 0 Å². The minimum Gasteiger partial charge on any atom is -0.390 e. The van der Waals surface area contributed by atoms with E-state index >= 15 is 0 Å². The Morgan fingerprint density at radius 2 is 1.84 bits per heavy atom. The number of carbonyl (C=O) groups excluding carboxylic acids is 1. The van der Waals surface area contributed by atoms with Crippen molar-refractivity contribution >= 4 is 11.7 Å². The Morgan fingerprint density at radius 1 is 1.12 bits per heavy atom. The first kappa shape index (κ1) is 18.1. The molecule has 1 N–H and O–H groups in total. The molecule has 1 unspecified atom stereocenters. The van der Waals surface area contributed by atoms with Crippen LogP contribution in [0.25, 0.3) is 0 Å². The number of aliphatic hydroxyl groups excluding tert-OH is 1. The summed E-state index contributed by atoms with van der Waals surface area (Å²) in [5, 5.41) is 10.5. The maximum absolute atomic E-state index is 11.5. The Balaban J connectivity index is 1.65. The van der Waals surface area contributed by atoms with Crippen LogP contribution >= 0.6 is 0 Å². The fourth-order valence-corrected chi connectivity index (χ4v) is 3.93. The summed E-state index contributed by atoms with van der Waals surface area (Å²) in [6.45, 7) is 10.3. The molecule has 2 aliphatic rings. The lowest BCUT2D eigenvalue weighted by atomic mass is 10.0. The number of rotatable bonds is 2. The lowest BCUT2D eigenvalue weighted by molar-refractivity contribution is -0.130. The molecule has 0 bridgehead atoms. The topological polar surface area (TPSA) is 72.8 Å². The van der Waals surface area contributed by atoms with Crippen LogP contribution in [0.5, 0.6) is 0 Å². The van der Waals surface area contributed by atoms with Gasteiger partial charge in [-0.2, -0.15) is 0 Å². The van der Waals surface area contributed by atoms with Gasteiger partial charge in [-0.05, 0) is 26.7 Å². The van der Waals surface area contributed by atoms with E-state index in [0.29, 0.717) is 19.1 Å². The van der Waals surface area contributed by atoms with Crippen molar-refractivity contribution in [3.63, 3.8) is 0 Å². The summed E-state index contributed by atoms with van der Waals surface area (Å²) in [5.74, 6) is 1.09. The highest BCUT2D eigenvalue weighted by Crippen LogP contribution is 2.23. The monoisotopic (exact) mass is 347 g/mol. The first-order valence-corrected chi connectivity index (χ1v) is 9.16. The first-order valence-electron chi connectivity index (χ1n) is 9.16. The molecule has 0 spiro atoms. The van der Waals surface area contributed by atoms with Gasteiger partial charge in [0.2, 0.25) is 5.91 Å². The number of likely N-dealkylation sites (tertiary alicyclic amines) is 1. The van der Waals surface area contributed by atoms with Crippen LogP contribution < -0.4 is 4.90 Å². The third-order valence-corrected chi connectivity index (χ3v) is 5.57. The molecule has 3 heterocycles. The molecule has 7 nitrogen and oxygen atoms in total. The summed E-state index contributed by atoms with van der Waals surface area (Å²) in [5.41, 5.74) is 2.06.